The molecule has 0 spiro atoms. The molecule has 1 N–H and O–H groups in total. The van der Waals surface area contributed by atoms with Crippen molar-refractivity contribution in [1.82, 2.24) is 0 Å². The number of esters is 2. The van der Waals surface area contributed by atoms with Gasteiger partial charge < -0.3 is 14.8 Å². The predicted octanol–water partition coefficient (Wildman–Crippen LogP) is 4.18. The van der Waals surface area contributed by atoms with Crippen molar-refractivity contribution < 1.29 is 19.1 Å². The molecular weight excluding hydrogens is 353 g/mol. The molecule has 5 nitrogen and oxygen atoms in total. The van der Waals surface area contributed by atoms with Gasteiger partial charge in [0.25, 0.3) is 0 Å². The van der Waals surface area contributed by atoms with E-state index in [4.69, 9.17) is 32.7 Å². The lowest BCUT2D eigenvalue weighted by molar-refractivity contribution is 0.0587. The van der Waals surface area contributed by atoms with Gasteiger partial charge in [-0.15, -0.1) is 0 Å². The van der Waals surface area contributed by atoms with Gasteiger partial charge in [-0.3, -0.25) is 0 Å². The Kier molecular flexibility index (Phi) is 6.06. The van der Waals surface area contributed by atoms with Gasteiger partial charge in [-0.2, -0.15) is 0 Å². The molecule has 0 heterocycles. The minimum atomic E-state index is -0.517. The van der Waals surface area contributed by atoms with E-state index in [-0.39, 0.29) is 0 Å². The molecule has 0 bridgehead atoms. The van der Waals surface area contributed by atoms with Crippen molar-refractivity contribution in [3.8, 4) is 0 Å². The van der Waals surface area contributed by atoms with E-state index in [0.717, 1.165) is 5.56 Å². The van der Waals surface area contributed by atoms with Crippen molar-refractivity contribution >= 4 is 40.8 Å². The highest BCUT2D eigenvalue weighted by molar-refractivity contribution is 6.35. The van der Waals surface area contributed by atoms with Crippen LogP contribution in [0, 0.1) is 0 Å². The van der Waals surface area contributed by atoms with Crippen LogP contribution >= 0.6 is 23.2 Å². The van der Waals surface area contributed by atoms with E-state index >= 15 is 0 Å². The molecule has 0 aliphatic rings. The molecule has 0 fully saturated rings. The Labute approximate surface area is 149 Å². The highest BCUT2D eigenvalue weighted by Crippen LogP contribution is 2.24. The van der Waals surface area contributed by atoms with E-state index in [0.29, 0.717) is 33.4 Å². The number of hydrogen-bond donors (Lipinski definition) is 1. The number of halogens is 2. The molecule has 0 saturated carbocycles. The van der Waals surface area contributed by atoms with E-state index in [1.807, 2.05) is 0 Å². The van der Waals surface area contributed by atoms with Crippen molar-refractivity contribution in [1.29, 1.82) is 0 Å². The zero-order valence-corrected chi connectivity index (χ0v) is 14.6. The van der Waals surface area contributed by atoms with Crippen molar-refractivity contribution in [2.45, 2.75) is 6.54 Å². The van der Waals surface area contributed by atoms with Gasteiger partial charge in [0.15, 0.2) is 0 Å². The van der Waals surface area contributed by atoms with Crippen molar-refractivity contribution in [3.63, 3.8) is 0 Å². The van der Waals surface area contributed by atoms with Gasteiger partial charge in [-0.1, -0.05) is 29.3 Å². The summed E-state index contributed by atoms with van der Waals surface area (Å²) in [5.41, 5.74) is 1.85. The van der Waals surface area contributed by atoms with Crippen molar-refractivity contribution in [2.24, 2.45) is 0 Å². The number of methoxy groups -OCH3 is 2. The van der Waals surface area contributed by atoms with Crippen LogP contribution in [-0.4, -0.2) is 26.2 Å². The summed E-state index contributed by atoms with van der Waals surface area (Å²) in [6.07, 6.45) is 0. The lowest BCUT2D eigenvalue weighted by Gasteiger charge is -2.13. The average Bonchev–Trinajstić information content (AvgIpc) is 2.59. The highest BCUT2D eigenvalue weighted by Gasteiger charge is 2.15. The van der Waals surface area contributed by atoms with Crippen molar-refractivity contribution in [2.75, 3.05) is 19.5 Å². The predicted molar refractivity (Wildman–Crippen MR) is 92.9 cm³/mol. The van der Waals surface area contributed by atoms with Crippen LogP contribution in [0.1, 0.15) is 26.3 Å². The molecule has 0 unspecified atom stereocenters. The summed E-state index contributed by atoms with van der Waals surface area (Å²) in [5, 5.41) is 4.12. The van der Waals surface area contributed by atoms with E-state index in [9.17, 15) is 9.59 Å². The molecule has 7 heteroatoms. The number of ether oxygens (including phenoxy) is 2. The number of carbonyl (C=O) groups is 2. The molecule has 126 valence electrons. The Balaban J connectivity index is 2.31. The SMILES string of the molecule is COC(=O)c1ccc(C(=O)OC)c(NCc2ccc(Cl)cc2Cl)c1. The summed E-state index contributed by atoms with van der Waals surface area (Å²) in [4.78, 5) is 23.6. The standard InChI is InChI=1S/C17H15Cl2NO4/c1-23-16(21)10-4-6-13(17(22)24-2)15(7-10)20-9-11-3-5-12(18)8-14(11)19/h3-8,20H,9H2,1-2H3. The zero-order chi connectivity index (χ0) is 17.7. The molecule has 0 radical (unpaired) electrons. The number of anilines is 1. The van der Waals surface area contributed by atoms with E-state index < -0.39 is 11.9 Å². The quantitative estimate of drug-likeness (QED) is 0.803. The molecular formula is C17H15Cl2NO4. The first-order valence-electron chi connectivity index (χ1n) is 6.94. The number of benzene rings is 2. The van der Waals surface area contributed by atoms with Crippen molar-refractivity contribution in [3.05, 3.63) is 63.1 Å². The van der Waals surface area contributed by atoms with Crippen LogP contribution in [0.2, 0.25) is 10.0 Å². The van der Waals surface area contributed by atoms with E-state index in [1.165, 1.54) is 32.4 Å². The molecule has 0 aliphatic heterocycles. The first kappa shape index (κ1) is 18.1. The minimum Gasteiger partial charge on any atom is -0.465 e. The summed E-state index contributed by atoms with van der Waals surface area (Å²) >= 11 is 12.0. The van der Waals surface area contributed by atoms with Gasteiger partial charge in [0.2, 0.25) is 0 Å². The summed E-state index contributed by atoms with van der Waals surface area (Å²) in [7, 11) is 2.58. The fourth-order valence-corrected chi connectivity index (χ4v) is 2.55. The molecule has 2 aromatic carbocycles. The molecule has 0 aromatic heterocycles. The number of carbonyl (C=O) groups excluding carboxylic acids is 2. The van der Waals surface area contributed by atoms with Gasteiger partial charge in [0, 0.05) is 22.3 Å². The Morgan fingerprint density at radius 1 is 1.00 bits per heavy atom. The second kappa shape index (κ2) is 8.04. The third kappa shape index (κ3) is 4.19. The number of rotatable bonds is 5. The molecule has 24 heavy (non-hydrogen) atoms. The fourth-order valence-electron chi connectivity index (χ4n) is 2.08. The maximum absolute atomic E-state index is 11.9. The molecule has 2 rings (SSSR count). The van der Waals surface area contributed by atoms with Crippen LogP contribution in [0.5, 0.6) is 0 Å². The highest BCUT2D eigenvalue weighted by atomic mass is 35.5. The van der Waals surface area contributed by atoms with Crippen LogP contribution in [-0.2, 0) is 16.0 Å². The zero-order valence-electron chi connectivity index (χ0n) is 13.1. The first-order chi connectivity index (χ1) is 11.5. The summed E-state index contributed by atoms with van der Waals surface area (Å²) < 4.78 is 9.45. The van der Waals surface area contributed by atoms with Crippen LogP contribution in [0.4, 0.5) is 5.69 Å². The summed E-state index contributed by atoms with van der Waals surface area (Å²) in [6, 6.07) is 9.66. The van der Waals surface area contributed by atoms with Gasteiger partial charge in [0.05, 0.1) is 25.3 Å². The Hall–Kier alpha value is -2.24. The number of nitrogens with one attached hydrogen (secondary N) is 1. The smallest absolute Gasteiger partial charge is 0.339 e. The molecule has 0 saturated heterocycles. The average molecular weight is 368 g/mol. The Bertz CT molecular complexity index is 777. The third-order valence-electron chi connectivity index (χ3n) is 3.33. The lowest BCUT2D eigenvalue weighted by atomic mass is 10.1. The van der Waals surface area contributed by atoms with Gasteiger partial charge >= 0.3 is 11.9 Å². The van der Waals surface area contributed by atoms with Crippen LogP contribution in [0.15, 0.2) is 36.4 Å². The van der Waals surface area contributed by atoms with Gasteiger partial charge in [-0.05, 0) is 35.9 Å². The largest absolute Gasteiger partial charge is 0.465 e. The Morgan fingerprint density at radius 2 is 1.71 bits per heavy atom. The molecule has 0 aliphatic carbocycles. The van der Waals surface area contributed by atoms with Crippen LogP contribution in [0.25, 0.3) is 0 Å². The monoisotopic (exact) mass is 367 g/mol. The fraction of sp³-hybridized carbons (Fsp3) is 0.176. The summed E-state index contributed by atoms with van der Waals surface area (Å²) in [5.74, 6) is -1.02. The third-order valence-corrected chi connectivity index (χ3v) is 3.92. The van der Waals surface area contributed by atoms with E-state index in [2.05, 4.69) is 5.32 Å². The van der Waals surface area contributed by atoms with Crippen LogP contribution in [0.3, 0.4) is 0 Å². The van der Waals surface area contributed by atoms with Crippen LogP contribution < -0.4 is 5.32 Å². The normalized spacial score (nSPS) is 10.2. The topological polar surface area (TPSA) is 64.6 Å². The second-order valence-electron chi connectivity index (χ2n) is 4.83. The molecule has 0 amide bonds. The summed E-state index contributed by atoms with van der Waals surface area (Å²) in [6.45, 7) is 0.338. The van der Waals surface area contributed by atoms with Gasteiger partial charge in [0.1, 0.15) is 0 Å². The molecule has 0 atom stereocenters. The maximum Gasteiger partial charge on any atom is 0.339 e. The lowest BCUT2D eigenvalue weighted by Crippen LogP contribution is -2.11. The van der Waals surface area contributed by atoms with E-state index in [1.54, 1.807) is 18.2 Å². The minimum absolute atomic E-state index is 0.301. The first-order valence-corrected chi connectivity index (χ1v) is 7.70. The second-order valence-corrected chi connectivity index (χ2v) is 5.68. The number of hydrogen-bond acceptors (Lipinski definition) is 5. The maximum atomic E-state index is 11.9. The van der Waals surface area contributed by atoms with Gasteiger partial charge in [-0.25, -0.2) is 9.59 Å². The Morgan fingerprint density at radius 3 is 2.33 bits per heavy atom. The molecule has 2 aromatic rings.